The van der Waals surface area contributed by atoms with Crippen molar-refractivity contribution in [3.8, 4) is 5.75 Å². The molecule has 33 heavy (non-hydrogen) atoms. The van der Waals surface area contributed by atoms with Crippen LogP contribution in [0.5, 0.6) is 5.75 Å². The number of rotatable bonds is 7. The smallest absolute Gasteiger partial charge is 0.272 e. The lowest BCUT2D eigenvalue weighted by Crippen LogP contribution is -2.61. The van der Waals surface area contributed by atoms with Gasteiger partial charge in [0.15, 0.2) is 0 Å². The number of carbonyl (C=O) groups is 2. The first-order valence-corrected chi connectivity index (χ1v) is 11.3. The molecule has 3 atom stereocenters. The van der Waals surface area contributed by atoms with Crippen molar-refractivity contribution in [1.29, 1.82) is 0 Å². The third kappa shape index (κ3) is 4.51. The summed E-state index contributed by atoms with van der Waals surface area (Å²) in [7, 11) is 0. The molecule has 1 N–H and O–H groups in total. The van der Waals surface area contributed by atoms with Crippen molar-refractivity contribution in [2.45, 2.75) is 44.5 Å². The Morgan fingerprint density at radius 2 is 2.18 bits per heavy atom. The molecule has 1 aromatic heterocycles. The Morgan fingerprint density at radius 3 is 2.85 bits per heavy atom. The average Bonchev–Trinajstić information content (AvgIpc) is 2.80. The molecule has 0 spiro atoms. The van der Waals surface area contributed by atoms with E-state index in [1.807, 2.05) is 25.3 Å². The van der Waals surface area contributed by atoms with Gasteiger partial charge in [0.25, 0.3) is 11.8 Å². The van der Waals surface area contributed by atoms with Gasteiger partial charge < -0.3 is 14.8 Å². The average molecular weight is 450 g/mol. The summed E-state index contributed by atoms with van der Waals surface area (Å²) in [6.07, 6.45) is 8.07. The minimum absolute atomic E-state index is 0.0381. The van der Waals surface area contributed by atoms with Crippen LogP contribution in [0.3, 0.4) is 0 Å². The van der Waals surface area contributed by atoms with Gasteiger partial charge >= 0.3 is 0 Å². The van der Waals surface area contributed by atoms with Crippen LogP contribution in [0.25, 0.3) is 0 Å². The minimum atomic E-state index is -0.201. The molecule has 9 heteroatoms. The lowest BCUT2D eigenvalue weighted by atomic mass is 9.96. The third-order valence-corrected chi connectivity index (χ3v) is 6.43. The SMILES string of the molecule is CCC1=CC2N=CC(CN3C[C@H](Oc4ccc(C(=O)NC5COC5)nc4)[C@H]3C)=CC2=NC1=O. The predicted octanol–water partition coefficient (Wildman–Crippen LogP) is 1.36. The maximum Gasteiger partial charge on any atom is 0.272 e. The van der Waals surface area contributed by atoms with Gasteiger partial charge in [0.1, 0.15) is 23.6 Å². The van der Waals surface area contributed by atoms with E-state index in [-0.39, 0.29) is 36.0 Å². The fraction of sp³-hybridized carbons (Fsp3) is 0.458. The summed E-state index contributed by atoms with van der Waals surface area (Å²) in [6.45, 7) is 6.66. The Morgan fingerprint density at radius 1 is 1.33 bits per heavy atom. The van der Waals surface area contributed by atoms with Gasteiger partial charge in [0.2, 0.25) is 0 Å². The lowest BCUT2D eigenvalue weighted by Gasteiger charge is -2.46. The maximum atomic E-state index is 12.1. The van der Waals surface area contributed by atoms with Crippen LogP contribution in [0.2, 0.25) is 0 Å². The molecule has 9 nitrogen and oxygen atoms in total. The summed E-state index contributed by atoms with van der Waals surface area (Å²) >= 11 is 0. The first kappa shape index (κ1) is 21.7. The lowest BCUT2D eigenvalue weighted by molar-refractivity contribution is -0.114. The fourth-order valence-electron chi connectivity index (χ4n) is 4.16. The number of carbonyl (C=O) groups excluding carboxylic acids is 2. The standard InChI is InChI=1S/C24H27N5O4/c1-3-16-7-20-21(28-23(16)30)6-15(8-25-20)10-29-11-22(14(29)2)33-18-4-5-19(26-9-18)24(31)27-17-12-32-13-17/h4-9,14,17,20,22H,3,10-13H2,1-2H3,(H,27,31)/t14-,20?,22+/m1/s1. The summed E-state index contributed by atoms with van der Waals surface area (Å²) < 4.78 is 11.1. The summed E-state index contributed by atoms with van der Waals surface area (Å²) in [5, 5.41) is 2.87. The fourth-order valence-corrected chi connectivity index (χ4v) is 4.16. The molecule has 2 saturated heterocycles. The van der Waals surface area contributed by atoms with Crippen molar-refractivity contribution in [3.05, 3.63) is 47.3 Å². The second kappa shape index (κ2) is 8.99. The number of hydrogen-bond acceptors (Lipinski definition) is 7. The van der Waals surface area contributed by atoms with Crippen LogP contribution >= 0.6 is 0 Å². The first-order chi connectivity index (χ1) is 16.0. The molecule has 2 amide bonds. The molecule has 1 aromatic rings. The van der Waals surface area contributed by atoms with E-state index in [1.54, 1.807) is 18.3 Å². The number of aromatic nitrogens is 1. The molecule has 0 bridgehead atoms. The highest BCUT2D eigenvalue weighted by atomic mass is 16.5. The number of pyridine rings is 1. The molecule has 0 aromatic carbocycles. The molecule has 0 radical (unpaired) electrons. The van der Waals surface area contributed by atoms with E-state index in [9.17, 15) is 9.59 Å². The van der Waals surface area contributed by atoms with Gasteiger partial charge in [-0.25, -0.2) is 9.98 Å². The van der Waals surface area contributed by atoms with Gasteiger partial charge in [-0.2, -0.15) is 0 Å². The maximum absolute atomic E-state index is 12.1. The van der Waals surface area contributed by atoms with Gasteiger partial charge in [-0.05, 0) is 43.2 Å². The van der Waals surface area contributed by atoms with Crippen LogP contribution in [0.1, 0.15) is 30.8 Å². The van der Waals surface area contributed by atoms with Crippen molar-refractivity contribution in [1.82, 2.24) is 15.2 Å². The topological polar surface area (TPSA) is 105 Å². The predicted molar refractivity (Wildman–Crippen MR) is 123 cm³/mol. The Labute approximate surface area is 192 Å². The highest BCUT2D eigenvalue weighted by Gasteiger charge is 2.38. The number of nitrogens with zero attached hydrogens (tertiary/aromatic N) is 4. The molecule has 1 unspecified atom stereocenters. The molecular weight excluding hydrogens is 422 g/mol. The Bertz CT molecular complexity index is 1070. The number of aliphatic imine (C=N–C) groups is 2. The van der Waals surface area contributed by atoms with Crippen molar-refractivity contribution >= 4 is 23.7 Å². The number of dihydropyridines is 2. The Balaban J connectivity index is 1.12. The highest BCUT2D eigenvalue weighted by molar-refractivity contribution is 6.16. The molecule has 0 saturated carbocycles. The zero-order chi connectivity index (χ0) is 22.9. The molecule has 5 rings (SSSR count). The van der Waals surface area contributed by atoms with E-state index in [0.717, 1.165) is 29.9 Å². The second-order valence-electron chi connectivity index (χ2n) is 8.74. The van der Waals surface area contributed by atoms with Crippen molar-refractivity contribution in [2.24, 2.45) is 9.98 Å². The minimum Gasteiger partial charge on any atom is -0.486 e. The van der Waals surface area contributed by atoms with E-state index >= 15 is 0 Å². The van der Waals surface area contributed by atoms with E-state index < -0.39 is 0 Å². The van der Waals surface area contributed by atoms with E-state index in [2.05, 4.69) is 32.1 Å². The van der Waals surface area contributed by atoms with Crippen LogP contribution in [0, 0.1) is 0 Å². The van der Waals surface area contributed by atoms with Gasteiger partial charge in [0, 0.05) is 30.9 Å². The van der Waals surface area contributed by atoms with Crippen LogP contribution in [-0.2, 0) is 9.53 Å². The van der Waals surface area contributed by atoms with Crippen LogP contribution in [0.4, 0.5) is 0 Å². The van der Waals surface area contributed by atoms with Crippen LogP contribution in [-0.4, -0.2) is 84.2 Å². The third-order valence-electron chi connectivity index (χ3n) is 6.43. The number of fused-ring (bicyclic) bond motifs is 1. The zero-order valence-electron chi connectivity index (χ0n) is 18.7. The van der Waals surface area contributed by atoms with Gasteiger partial charge in [-0.3, -0.25) is 19.5 Å². The largest absolute Gasteiger partial charge is 0.486 e. The van der Waals surface area contributed by atoms with Crippen molar-refractivity contribution in [3.63, 3.8) is 0 Å². The van der Waals surface area contributed by atoms with E-state index in [4.69, 9.17) is 9.47 Å². The van der Waals surface area contributed by atoms with Gasteiger partial charge in [0.05, 0.1) is 31.2 Å². The van der Waals surface area contributed by atoms with Crippen molar-refractivity contribution in [2.75, 3.05) is 26.3 Å². The highest BCUT2D eigenvalue weighted by Crippen LogP contribution is 2.26. The van der Waals surface area contributed by atoms with Gasteiger partial charge in [-0.1, -0.05) is 6.92 Å². The molecule has 2 fully saturated rings. The summed E-state index contributed by atoms with van der Waals surface area (Å²) in [5.41, 5.74) is 2.84. The number of likely N-dealkylation sites (tertiary alicyclic amines) is 1. The quantitative estimate of drug-likeness (QED) is 0.674. The molecule has 4 aliphatic heterocycles. The van der Waals surface area contributed by atoms with Gasteiger partial charge in [-0.15, -0.1) is 0 Å². The van der Waals surface area contributed by atoms with Crippen molar-refractivity contribution < 1.29 is 19.1 Å². The summed E-state index contributed by atoms with van der Waals surface area (Å²) in [4.78, 5) is 39.5. The molecule has 0 aliphatic carbocycles. The number of ether oxygens (including phenoxy) is 2. The number of hydrogen-bond donors (Lipinski definition) is 1. The van der Waals surface area contributed by atoms with E-state index in [1.165, 1.54) is 0 Å². The number of amides is 2. The molecule has 5 heterocycles. The first-order valence-electron chi connectivity index (χ1n) is 11.3. The molecule has 172 valence electrons. The molecule has 4 aliphatic rings. The van der Waals surface area contributed by atoms with Crippen LogP contribution < -0.4 is 10.1 Å². The Hall–Kier alpha value is -3.17. The Kier molecular flexibility index (Phi) is 5.90. The molecular formula is C24H27N5O4. The monoisotopic (exact) mass is 449 g/mol. The van der Waals surface area contributed by atoms with Crippen LogP contribution in [0.15, 0.2) is 51.6 Å². The second-order valence-corrected chi connectivity index (χ2v) is 8.74. The van der Waals surface area contributed by atoms with E-state index in [0.29, 0.717) is 31.1 Å². The summed E-state index contributed by atoms with van der Waals surface area (Å²) in [6, 6.07) is 3.59. The normalized spacial score (nSPS) is 26.9. The number of nitrogens with one attached hydrogen (secondary N) is 1. The zero-order valence-corrected chi connectivity index (χ0v) is 18.7. The summed E-state index contributed by atoms with van der Waals surface area (Å²) in [5.74, 6) is 0.287.